The number of hydrogen-bond donors (Lipinski definition) is 1. The molecule has 0 bridgehead atoms. The Labute approximate surface area is 93.2 Å². The summed E-state index contributed by atoms with van der Waals surface area (Å²) in [6, 6.07) is 2.25. The molecule has 1 unspecified atom stereocenters. The Morgan fingerprint density at radius 2 is 2.47 bits per heavy atom. The van der Waals surface area contributed by atoms with Crippen molar-refractivity contribution in [3.05, 3.63) is 40.2 Å². The van der Waals surface area contributed by atoms with E-state index in [1.807, 2.05) is 17.6 Å². The summed E-state index contributed by atoms with van der Waals surface area (Å²) in [5.41, 5.74) is 1.19. The van der Waals surface area contributed by atoms with Crippen LogP contribution in [-0.4, -0.2) is 4.98 Å². The molecule has 0 aliphatic carbocycles. The molecule has 80 valence electrons. The predicted molar refractivity (Wildman–Crippen MR) is 60.8 cm³/mol. The molecule has 2 rings (SSSR count). The summed E-state index contributed by atoms with van der Waals surface area (Å²) in [7, 11) is 0. The van der Waals surface area contributed by atoms with E-state index in [0.717, 1.165) is 17.3 Å². The van der Waals surface area contributed by atoms with Gasteiger partial charge in [-0.05, 0) is 25.5 Å². The second kappa shape index (κ2) is 4.59. The molecule has 3 nitrogen and oxygen atoms in total. The van der Waals surface area contributed by atoms with Gasteiger partial charge in [-0.25, -0.2) is 4.98 Å². The third-order valence-corrected chi connectivity index (χ3v) is 3.32. The largest absolute Gasteiger partial charge is 0.468 e. The van der Waals surface area contributed by atoms with Gasteiger partial charge in [0.25, 0.3) is 0 Å². The van der Waals surface area contributed by atoms with Crippen molar-refractivity contribution in [3.63, 3.8) is 0 Å². The Hall–Kier alpha value is -1.13. The zero-order chi connectivity index (χ0) is 10.7. The molecule has 1 N–H and O–H groups in total. The van der Waals surface area contributed by atoms with Gasteiger partial charge in [-0.15, -0.1) is 11.3 Å². The Kier molecular flexibility index (Phi) is 3.18. The number of rotatable bonds is 4. The van der Waals surface area contributed by atoms with Gasteiger partial charge in [0.1, 0.15) is 10.8 Å². The van der Waals surface area contributed by atoms with E-state index >= 15 is 0 Å². The molecule has 2 heterocycles. The third-order valence-electron chi connectivity index (χ3n) is 2.36. The SMILES string of the molecule is Cc1ccoc1CNC(C)c1nccs1. The van der Waals surface area contributed by atoms with Crippen molar-refractivity contribution < 1.29 is 4.42 Å². The lowest BCUT2D eigenvalue weighted by molar-refractivity contribution is 0.457. The zero-order valence-electron chi connectivity index (χ0n) is 8.86. The summed E-state index contributed by atoms with van der Waals surface area (Å²) in [5.74, 6) is 0.999. The van der Waals surface area contributed by atoms with Crippen LogP contribution in [0.5, 0.6) is 0 Å². The molecule has 0 aliphatic rings. The van der Waals surface area contributed by atoms with Gasteiger partial charge in [-0.3, -0.25) is 0 Å². The van der Waals surface area contributed by atoms with Crippen LogP contribution in [0.4, 0.5) is 0 Å². The lowest BCUT2D eigenvalue weighted by atomic mass is 10.2. The Morgan fingerprint density at radius 3 is 3.07 bits per heavy atom. The highest BCUT2D eigenvalue weighted by molar-refractivity contribution is 7.09. The van der Waals surface area contributed by atoms with E-state index in [0.29, 0.717) is 0 Å². The normalized spacial score (nSPS) is 12.9. The molecule has 0 saturated heterocycles. The van der Waals surface area contributed by atoms with Crippen molar-refractivity contribution in [1.29, 1.82) is 0 Å². The summed E-state index contributed by atoms with van der Waals surface area (Å²) < 4.78 is 5.35. The fourth-order valence-electron chi connectivity index (χ4n) is 1.37. The molecule has 4 heteroatoms. The lowest BCUT2D eigenvalue weighted by Crippen LogP contribution is -2.17. The van der Waals surface area contributed by atoms with Crippen molar-refractivity contribution in [2.45, 2.75) is 26.4 Å². The van der Waals surface area contributed by atoms with Crippen molar-refractivity contribution in [3.8, 4) is 0 Å². The first-order chi connectivity index (χ1) is 7.27. The monoisotopic (exact) mass is 222 g/mol. The van der Waals surface area contributed by atoms with E-state index < -0.39 is 0 Å². The molecule has 0 spiro atoms. The first-order valence-corrected chi connectivity index (χ1v) is 5.81. The molecule has 0 saturated carbocycles. The second-order valence-corrected chi connectivity index (χ2v) is 4.43. The maximum Gasteiger partial charge on any atom is 0.120 e. The van der Waals surface area contributed by atoms with Crippen LogP contribution in [0.3, 0.4) is 0 Å². The van der Waals surface area contributed by atoms with Crippen molar-refractivity contribution in [2.75, 3.05) is 0 Å². The minimum atomic E-state index is 0.273. The number of nitrogens with zero attached hydrogens (tertiary/aromatic N) is 1. The van der Waals surface area contributed by atoms with Crippen molar-refractivity contribution >= 4 is 11.3 Å². The van der Waals surface area contributed by atoms with Gasteiger partial charge in [0.05, 0.1) is 18.8 Å². The molecule has 1 atom stereocenters. The molecule has 0 fully saturated rings. The molecule has 0 amide bonds. The van der Waals surface area contributed by atoms with Gasteiger partial charge < -0.3 is 9.73 Å². The number of hydrogen-bond acceptors (Lipinski definition) is 4. The van der Waals surface area contributed by atoms with Crippen LogP contribution in [0.1, 0.15) is 29.3 Å². The fourth-order valence-corrected chi connectivity index (χ4v) is 2.04. The summed E-state index contributed by atoms with van der Waals surface area (Å²) >= 11 is 1.67. The molecule has 0 aliphatic heterocycles. The fraction of sp³-hybridized carbons (Fsp3) is 0.364. The summed E-state index contributed by atoms with van der Waals surface area (Å²) in [6.07, 6.45) is 3.55. The number of thiazole rings is 1. The maximum absolute atomic E-state index is 5.35. The van der Waals surface area contributed by atoms with Gasteiger partial charge in [-0.2, -0.15) is 0 Å². The molecular formula is C11H14N2OS. The van der Waals surface area contributed by atoms with Crippen LogP contribution >= 0.6 is 11.3 Å². The molecule has 15 heavy (non-hydrogen) atoms. The van der Waals surface area contributed by atoms with E-state index in [9.17, 15) is 0 Å². The molecule has 2 aromatic rings. The van der Waals surface area contributed by atoms with Crippen LogP contribution in [-0.2, 0) is 6.54 Å². The number of aromatic nitrogens is 1. The van der Waals surface area contributed by atoms with E-state index in [1.165, 1.54) is 5.56 Å². The summed E-state index contributed by atoms with van der Waals surface area (Å²) in [5, 5.41) is 6.48. The van der Waals surface area contributed by atoms with Gasteiger partial charge in [-0.1, -0.05) is 0 Å². The van der Waals surface area contributed by atoms with Gasteiger partial charge in [0, 0.05) is 11.6 Å². The molecule has 2 aromatic heterocycles. The van der Waals surface area contributed by atoms with Gasteiger partial charge in [0.15, 0.2) is 0 Å². The second-order valence-electron chi connectivity index (χ2n) is 3.50. The predicted octanol–water partition coefficient (Wildman–Crippen LogP) is 2.90. The summed E-state index contributed by atoms with van der Waals surface area (Å²) in [6.45, 7) is 4.91. The standard InChI is InChI=1S/C11H14N2OS/c1-8-3-5-14-10(8)7-13-9(2)11-12-4-6-15-11/h3-6,9,13H,7H2,1-2H3. The van der Waals surface area contributed by atoms with Crippen LogP contribution in [0.2, 0.25) is 0 Å². The number of aryl methyl sites for hydroxylation is 1. The number of furan rings is 1. The van der Waals surface area contributed by atoms with Crippen molar-refractivity contribution in [1.82, 2.24) is 10.3 Å². The van der Waals surface area contributed by atoms with E-state index in [1.54, 1.807) is 17.6 Å². The van der Waals surface area contributed by atoms with Crippen LogP contribution < -0.4 is 5.32 Å². The quantitative estimate of drug-likeness (QED) is 0.864. The summed E-state index contributed by atoms with van der Waals surface area (Å²) in [4.78, 5) is 4.26. The van der Waals surface area contributed by atoms with E-state index in [4.69, 9.17) is 4.42 Å². The van der Waals surface area contributed by atoms with E-state index in [-0.39, 0.29) is 6.04 Å². The van der Waals surface area contributed by atoms with Crippen LogP contribution in [0.15, 0.2) is 28.3 Å². The molecule has 0 radical (unpaired) electrons. The van der Waals surface area contributed by atoms with Crippen molar-refractivity contribution in [2.24, 2.45) is 0 Å². The van der Waals surface area contributed by atoms with E-state index in [2.05, 4.69) is 24.1 Å². The highest BCUT2D eigenvalue weighted by Crippen LogP contribution is 2.16. The molecule has 0 aromatic carbocycles. The first kappa shape index (κ1) is 10.4. The third kappa shape index (κ3) is 2.46. The van der Waals surface area contributed by atoms with Crippen LogP contribution in [0, 0.1) is 6.92 Å². The maximum atomic E-state index is 5.35. The average Bonchev–Trinajstić information content (AvgIpc) is 2.85. The van der Waals surface area contributed by atoms with Gasteiger partial charge >= 0.3 is 0 Å². The highest BCUT2D eigenvalue weighted by Gasteiger charge is 2.08. The minimum absolute atomic E-state index is 0.273. The Balaban J connectivity index is 1.91. The Bertz CT molecular complexity index is 408. The zero-order valence-corrected chi connectivity index (χ0v) is 9.67. The minimum Gasteiger partial charge on any atom is -0.468 e. The smallest absolute Gasteiger partial charge is 0.120 e. The average molecular weight is 222 g/mol. The van der Waals surface area contributed by atoms with Gasteiger partial charge in [0.2, 0.25) is 0 Å². The van der Waals surface area contributed by atoms with Crippen LogP contribution in [0.25, 0.3) is 0 Å². The highest BCUT2D eigenvalue weighted by atomic mass is 32.1. The lowest BCUT2D eigenvalue weighted by Gasteiger charge is -2.09. The topological polar surface area (TPSA) is 38.1 Å². The number of nitrogens with one attached hydrogen (secondary N) is 1. The first-order valence-electron chi connectivity index (χ1n) is 4.93. The Morgan fingerprint density at radius 1 is 1.60 bits per heavy atom. The molecular weight excluding hydrogens is 208 g/mol.